The van der Waals surface area contributed by atoms with E-state index in [0.717, 1.165) is 59.2 Å². The largest absolute Gasteiger partial charge is 0.495 e. The van der Waals surface area contributed by atoms with Gasteiger partial charge in [0.05, 0.1) is 38.1 Å². The highest BCUT2D eigenvalue weighted by atomic mass is 32.2. The smallest absolute Gasteiger partial charge is 0.253 e. The maximum absolute atomic E-state index is 14.0. The van der Waals surface area contributed by atoms with Crippen molar-refractivity contribution in [2.24, 2.45) is 5.92 Å². The second-order valence-electron chi connectivity index (χ2n) is 11.4. The standard InChI is InChI=1S/C32H42F2N4O3S/c1-40-21-25(39)20-37-14-11-23(12-15-37)36-28-7-4-8-30-27(28)16-24(38(30)19-22-18-32(22,33)34)6-5-13-35-29-10-9-26(42-3)17-31(29)41-2/h4,7-10,17,22-25,35-36,39H,11-16,18-21H2,1-3H3. The number of β-amino-alcohol motifs (C(OH)–C–C–N with tert-alkyl or cyclic N) is 1. The number of nitrogens with one attached hydrogen (secondary N) is 2. The van der Waals surface area contributed by atoms with E-state index >= 15 is 0 Å². The van der Waals surface area contributed by atoms with Crippen LogP contribution < -0.4 is 20.3 Å². The summed E-state index contributed by atoms with van der Waals surface area (Å²) in [5.74, 6) is 4.21. The summed E-state index contributed by atoms with van der Waals surface area (Å²) in [6, 6.07) is 12.3. The van der Waals surface area contributed by atoms with Gasteiger partial charge in [-0.3, -0.25) is 0 Å². The Morgan fingerprint density at radius 1 is 1.17 bits per heavy atom. The van der Waals surface area contributed by atoms with E-state index in [-0.39, 0.29) is 12.5 Å². The second kappa shape index (κ2) is 13.7. The number of alkyl halides is 2. The van der Waals surface area contributed by atoms with E-state index in [2.05, 4.69) is 38.3 Å². The average Bonchev–Trinajstić information content (AvgIpc) is 3.43. The van der Waals surface area contributed by atoms with Crippen LogP contribution in [0.15, 0.2) is 41.3 Å². The topological polar surface area (TPSA) is 69.2 Å². The molecule has 0 bridgehead atoms. The summed E-state index contributed by atoms with van der Waals surface area (Å²) in [5.41, 5.74) is 4.10. The number of methoxy groups -OCH3 is 2. The molecular formula is C32H42F2N4O3S. The Kier molecular flexibility index (Phi) is 10.0. The summed E-state index contributed by atoms with van der Waals surface area (Å²) in [7, 11) is 3.26. The number of anilines is 3. The summed E-state index contributed by atoms with van der Waals surface area (Å²) in [4.78, 5) is 5.49. The molecule has 2 aromatic rings. The van der Waals surface area contributed by atoms with Gasteiger partial charge in [0.1, 0.15) is 5.75 Å². The molecule has 5 rings (SSSR count). The van der Waals surface area contributed by atoms with Crippen LogP contribution in [0.1, 0.15) is 24.8 Å². The van der Waals surface area contributed by atoms with Crippen LogP contribution in [0.2, 0.25) is 0 Å². The predicted octanol–water partition coefficient (Wildman–Crippen LogP) is 4.80. The van der Waals surface area contributed by atoms with Gasteiger partial charge in [0.15, 0.2) is 0 Å². The molecule has 2 aromatic carbocycles. The van der Waals surface area contributed by atoms with Crippen molar-refractivity contribution >= 4 is 28.8 Å². The van der Waals surface area contributed by atoms with Crippen molar-refractivity contribution in [1.82, 2.24) is 4.90 Å². The van der Waals surface area contributed by atoms with Crippen LogP contribution >= 0.6 is 11.8 Å². The van der Waals surface area contributed by atoms with E-state index in [4.69, 9.17) is 9.47 Å². The van der Waals surface area contributed by atoms with Gasteiger partial charge < -0.3 is 35.0 Å². The third kappa shape index (κ3) is 7.43. The minimum Gasteiger partial charge on any atom is -0.495 e. The van der Waals surface area contributed by atoms with Crippen molar-refractivity contribution in [3.8, 4) is 17.6 Å². The van der Waals surface area contributed by atoms with E-state index in [1.807, 2.05) is 36.6 Å². The molecule has 0 radical (unpaired) electrons. The maximum Gasteiger partial charge on any atom is 0.253 e. The van der Waals surface area contributed by atoms with Gasteiger partial charge in [0.25, 0.3) is 5.92 Å². The average molecular weight is 601 g/mol. The summed E-state index contributed by atoms with van der Waals surface area (Å²) >= 11 is 1.66. The quantitative estimate of drug-likeness (QED) is 0.237. The summed E-state index contributed by atoms with van der Waals surface area (Å²) in [6.07, 6.45) is 4.13. The van der Waals surface area contributed by atoms with Gasteiger partial charge in [0.2, 0.25) is 0 Å². The summed E-state index contributed by atoms with van der Waals surface area (Å²) in [5, 5.41) is 17.2. The molecule has 1 saturated heterocycles. The number of benzene rings is 2. The Morgan fingerprint density at radius 2 is 1.95 bits per heavy atom. The number of likely N-dealkylation sites (tertiary alicyclic amines) is 1. The molecule has 228 valence electrons. The molecule has 3 aliphatic rings. The fourth-order valence-corrected chi connectivity index (χ4v) is 6.43. The van der Waals surface area contributed by atoms with Gasteiger partial charge in [-0.15, -0.1) is 11.8 Å². The van der Waals surface area contributed by atoms with Gasteiger partial charge in [-0.1, -0.05) is 17.9 Å². The number of nitrogens with zero attached hydrogens (tertiary/aromatic N) is 2. The number of ether oxygens (including phenoxy) is 2. The molecule has 3 N–H and O–H groups in total. The molecule has 42 heavy (non-hydrogen) atoms. The van der Waals surface area contributed by atoms with E-state index in [9.17, 15) is 13.9 Å². The molecule has 7 nitrogen and oxygen atoms in total. The van der Waals surface area contributed by atoms with E-state index in [1.165, 1.54) is 0 Å². The normalized spacial score (nSPS) is 22.2. The number of rotatable bonds is 12. The van der Waals surface area contributed by atoms with Gasteiger partial charge in [0, 0.05) is 79.9 Å². The fraction of sp³-hybridized carbons (Fsp3) is 0.562. The van der Waals surface area contributed by atoms with E-state index < -0.39 is 17.9 Å². The van der Waals surface area contributed by atoms with Gasteiger partial charge >= 0.3 is 0 Å². The molecule has 0 aromatic heterocycles. The minimum absolute atomic E-state index is 0.0536. The molecule has 2 heterocycles. The Labute approximate surface area is 252 Å². The summed E-state index contributed by atoms with van der Waals surface area (Å²) in [6.45, 7) is 3.51. The van der Waals surface area contributed by atoms with Crippen LogP contribution in [0.25, 0.3) is 0 Å². The molecule has 2 fully saturated rings. The zero-order valence-electron chi connectivity index (χ0n) is 24.7. The number of halogens is 2. The van der Waals surface area contributed by atoms with Crippen molar-refractivity contribution < 1.29 is 23.4 Å². The number of aliphatic hydroxyl groups is 1. The zero-order chi connectivity index (χ0) is 29.7. The lowest BCUT2D eigenvalue weighted by atomic mass is 10.0. The highest BCUT2D eigenvalue weighted by Gasteiger charge is 2.57. The van der Waals surface area contributed by atoms with Crippen LogP contribution in [0.5, 0.6) is 5.75 Å². The first-order valence-corrected chi connectivity index (χ1v) is 15.9. The van der Waals surface area contributed by atoms with Crippen molar-refractivity contribution in [3.05, 3.63) is 42.0 Å². The molecule has 1 saturated carbocycles. The van der Waals surface area contributed by atoms with Crippen molar-refractivity contribution in [1.29, 1.82) is 0 Å². The lowest BCUT2D eigenvalue weighted by Crippen LogP contribution is -2.43. The lowest BCUT2D eigenvalue weighted by molar-refractivity contribution is 0.0327. The van der Waals surface area contributed by atoms with Crippen LogP contribution in [0.3, 0.4) is 0 Å². The first kappa shape index (κ1) is 30.7. The fourth-order valence-electron chi connectivity index (χ4n) is 6.00. The number of piperidine rings is 1. The maximum atomic E-state index is 14.0. The highest BCUT2D eigenvalue weighted by molar-refractivity contribution is 7.98. The van der Waals surface area contributed by atoms with Gasteiger partial charge in [-0.05, 0) is 49.4 Å². The zero-order valence-corrected chi connectivity index (χ0v) is 25.5. The van der Waals surface area contributed by atoms with Crippen LogP contribution in [0, 0.1) is 17.8 Å². The highest BCUT2D eigenvalue weighted by Crippen LogP contribution is 2.50. The molecule has 0 spiro atoms. The molecule has 10 heteroatoms. The molecule has 3 atom stereocenters. The number of fused-ring (bicyclic) bond motifs is 1. The Bertz CT molecular complexity index is 1280. The summed E-state index contributed by atoms with van der Waals surface area (Å²) < 4.78 is 38.6. The Balaban J connectivity index is 1.25. The van der Waals surface area contributed by atoms with Crippen LogP contribution in [0.4, 0.5) is 25.8 Å². The van der Waals surface area contributed by atoms with Crippen LogP contribution in [-0.4, -0.2) is 93.9 Å². The molecule has 0 amide bonds. The van der Waals surface area contributed by atoms with Crippen molar-refractivity contribution in [2.45, 2.75) is 54.7 Å². The second-order valence-corrected chi connectivity index (χ2v) is 12.3. The monoisotopic (exact) mass is 600 g/mol. The Morgan fingerprint density at radius 3 is 2.64 bits per heavy atom. The molecule has 1 aliphatic carbocycles. The van der Waals surface area contributed by atoms with Gasteiger partial charge in [-0.2, -0.15) is 0 Å². The number of thioether (sulfide) groups is 1. The Hall–Kier alpha value is -2.71. The predicted molar refractivity (Wildman–Crippen MR) is 166 cm³/mol. The lowest BCUT2D eigenvalue weighted by Gasteiger charge is -2.34. The third-order valence-corrected chi connectivity index (χ3v) is 9.15. The third-order valence-electron chi connectivity index (χ3n) is 8.43. The molecule has 2 aliphatic heterocycles. The first-order chi connectivity index (χ1) is 20.3. The number of aliphatic hydroxyl groups excluding tert-OH is 1. The van der Waals surface area contributed by atoms with E-state index in [0.29, 0.717) is 38.7 Å². The minimum atomic E-state index is -2.58. The molecule has 3 unspecified atom stereocenters. The SMILES string of the molecule is COCC(O)CN1CCC(Nc2cccc3c2CC(C#CCNc2ccc(SC)cc2OC)N3CC2CC2(F)F)CC1. The van der Waals surface area contributed by atoms with Crippen LogP contribution in [-0.2, 0) is 11.2 Å². The van der Waals surface area contributed by atoms with Crippen molar-refractivity contribution in [3.63, 3.8) is 0 Å². The van der Waals surface area contributed by atoms with Crippen molar-refractivity contribution in [2.75, 3.05) is 75.3 Å². The first-order valence-electron chi connectivity index (χ1n) is 14.7. The van der Waals surface area contributed by atoms with Gasteiger partial charge in [-0.25, -0.2) is 8.78 Å². The number of hydrogen-bond donors (Lipinski definition) is 3. The van der Waals surface area contributed by atoms with E-state index in [1.54, 1.807) is 26.0 Å². The number of hydrogen-bond acceptors (Lipinski definition) is 8. The molecular weight excluding hydrogens is 558 g/mol.